The maximum Gasteiger partial charge on any atom is 0.256 e. The normalized spacial score (nSPS) is 22.9. The van der Waals surface area contributed by atoms with Crippen LogP contribution in [0.15, 0.2) is 0 Å². The summed E-state index contributed by atoms with van der Waals surface area (Å²) in [6, 6.07) is 0. The van der Waals surface area contributed by atoms with Crippen LogP contribution in [0.5, 0.6) is 0 Å². The van der Waals surface area contributed by atoms with Gasteiger partial charge in [0.2, 0.25) is 5.91 Å². The van der Waals surface area contributed by atoms with E-state index >= 15 is 0 Å². The molecule has 1 unspecified atom stereocenters. The van der Waals surface area contributed by atoms with Crippen molar-refractivity contribution in [2.45, 2.75) is 32.3 Å². The van der Waals surface area contributed by atoms with Crippen LogP contribution in [0.2, 0.25) is 0 Å². The second-order valence-electron chi connectivity index (χ2n) is 2.83. The SMILES string of the molecule is CCCCOC1CC(=O)NC1=O. The minimum absolute atomic E-state index is 0.183. The summed E-state index contributed by atoms with van der Waals surface area (Å²) in [7, 11) is 0. The molecule has 1 N–H and O–H groups in total. The maximum absolute atomic E-state index is 10.9. The fourth-order valence-corrected chi connectivity index (χ4v) is 1.03. The number of nitrogens with one attached hydrogen (secondary N) is 1. The van der Waals surface area contributed by atoms with Crippen molar-refractivity contribution in [3.63, 3.8) is 0 Å². The van der Waals surface area contributed by atoms with Gasteiger partial charge in [-0.25, -0.2) is 0 Å². The lowest BCUT2D eigenvalue weighted by molar-refractivity contribution is -0.129. The van der Waals surface area contributed by atoms with Gasteiger partial charge < -0.3 is 4.74 Å². The largest absolute Gasteiger partial charge is 0.368 e. The van der Waals surface area contributed by atoms with E-state index in [1.807, 2.05) is 6.92 Å². The molecule has 12 heavy (non-hydrogen) atoms. The van der Waals surface area contributed by atoms with Crippen LogP contribution in [-0.4, -0.2) is 24.5 Å². The van der Waals surface area contributed by atoms with Crippen molar-refractivity contribution in [2.24, 2.45) is 0 Å². The van der Waals surface area contributed by atoms with Gasteiger partial charge in [0.15, 0.2) is 0 Å². The molecule has 0 aromatic rings. The molecular weight excluding hydrogens is 158 g/mol. The van der Waals surface area contributed by atoms with Gasteiger partial charge in [-0.3, -0.25) is 14.9 Å². The van der Waals surface area contributed by atoms with Crippen LogP contribution in [-0.2, 0) is 14.3 Å². The van der Waals surface area contributed by atoms with Crippen LogP contribution in [0, 0.1) is 0 Å². The first kappa shape index (κ1) is 9.19. The summed E-state index contributed by atoms with van der Waals surface area (Å²) in [5.41, 5.74) is 0. The van der Waals surface area contributed by atoms with Crippen molar-refractivity contribution >= 4 is 11.8 Å². The van der Waals surface area contributed by atoms with Crippen molar-refractivity contribution in [2.75, 3.05) is 6.61 Å². The van der Waals surface area contributed by atoms with Gasteiger partial charge in [0.25, 0.3) is 5.91 Å². The number of imide groups is 1. The highest BCUT2D eigenvalue weighted by Crippen LogP contribution is 2.06. The summed E-state index contributed by atoms with van der Waals surface area (Å²) >= 11 is 0. The molecule has 1 heterocycles. The summed E-state index contributed by atoms with van der Waals surface area (Å²) in [6.45, 7) is 2.60. The number of rotatable bonds is 4. The van der Waals surface area contributed by atoms with Crippen LogP contribution in [0.4, 0.5) is 0 Å². The number of amides is 2. The third kappa shape index (κ3) is 2.30. The Hall–Kier alpha value is -0.900. The van der Waals surface area contributed by atoms with Crippen molar-refractivity contribution < 1.29 is 14.3 Å². The zero-order valence-electron chi connectivity index (χ0n) is 7.13. The quantitative estimate of drug-likeness (QED) is 0.486. The van der Waals surface area contributed by atoms with Crippen LogP contribution in [0.3, 0.4) is 0 Å². The van der Waals surface area contributed by atoms with E-state index in [0.717, 1.165) is 12.8 Å². The third-order valence-electron chi connectivity index (χ3n) is 1.74. The van der Waals surface area contributed by atoms with Crippen LogP contribution < -0.4 is 5.32 Å². The number of carbonyl (C=O) groups is 2. The highest BCUT2D eigenvalue weighted by molar-refractivity contribution is 6.04. The summed E-state index contributed by atoms with van der Waals surface area (Å²) in [6.07, 6.45) is 1.60. The molecule has 0 aromatic carbocycles. The fraction of sp³-hybridized carbons (Fsp3) is 0.750. The van der Waals surface area contributed by atoms with Gasteiger partial charge in [-0.2, -0.15) is 0 Å². The van der Waals surface area contributed by atoms with Gasteiger partial charge in [0, 0.05) is 6.61 Å². The van der Waals surface area contributed by atoms with E-state index in [9.17, 15) is 9.59 Å². The minimum atomic E-state index is -0.538. The van der Waals surface area contributed by atoms with E-state index < -0.39 is 6.10 Å². The van der Waals surface area contributed by atoms with Crippen molar-refractivity contribution in [1.29, 1.82) is 0 Å². The Morgan fingerprint density at radius 1 is 1.58 bits per heavy atom. The molecule has 0 saturated carbocycles. The smallest absolute Gasteiger partial charge is 0.256 e. The molecule has 1 saturated heterocycles. The van der Waals surface area contributed by atoms with Gasteiger partial charge in [0.1, 0.15) is 6.10 Å². The molecule has 1 atom stereocenters. The average Bonchev–Trinajstić information content (AvgIpc) is 2.31. The van der Waals surface area contributed by atoms with Gasteiger partial charge in [-0.1, -0.05) is 13.3 Å². The molecule has 1 aliphatic heterocycles. The molecule has 0 spiro atoms. The molecule has 1 rings (SSSR count). The number of unbranched alkanes of at least 4 members (excludes halogenated alkanes) is 1. The molecule has 0 bridgehead atoms. The molecule has 1 aliphatic rings. The Bertz CT molecular complexity index is 191. The minimum Gasteiger partial charge on any atom is -0.368 e. The molecule has 68 valence electrons. The lowest BCUT2D eigenvalue weighted by atomic mass is 10.3. The van der Waals surface area contributed by atoms with E-state index in [4.69, 9.17) is 4.74 Å². The summed E-state index contributed by atoms with van der Waals surface area (Å²) in [4.78, 5) is 21.6. The second kappa shape index (κ2) is 4.21. The predicted octanol–water partition coefficient (Wildman–Crippen LogP) is 0.218. The highest BCUT2D eigenvalue weighted by Gasteiger charge is 2.30. The topological polar surface area (TPSA) is 55.4 Å². The Balaban J connectivity index is 2.24. The maximum atomic E-state index is 10.9. The zero-order chi connectivity index (χ0) is 8.97. The van der Waals surface area contributed by atoms with Gasteiger partial charge in [-0.05, 0) is 6.42 Å². The number of carbonyl (C=O) groups excluding carboxylic acids is 2. The van der Waals surface area contributed by atoms with Crippen molar-refractivity contribution in [3.8, 4) is 0 Å². The Labute approximate surface area is 71.3 Å². The summed E-state index contributed by atoms with van der Waals surface area (Å²) < 4.78 is 5.19. The molecule has 0 radical (unpaired) electrons. The molecule has 4 heteroatoms. The van der Waals surface area contributed by atoms with Gasteiger partial charge in [-0.15, -0.1) is 0 Å². The molecule has 4 nitrogen and oxygen atoms in total. The van der Waals surface area contributed by atoms with Crippen LogP contribution in [0.25, 0.3) is 0 Å². The molecule has 2 amide bonds. The van der Waals surface area contributed by atoms with E-state index in [2.05, 4.69) is 5.32 Å². The molecule has 1 fully saturated rings. The van der Waals surface area contributed by atoms with E-state index in [0.29, 0.717) is 6.61 Å². The van der Waals surface area contributed by atoms with Crippen molar-refractivity contribution in [3.05, 3.63) is 0 Å². The summed E-state index contributed by atoms with van der Waals surface area (Å²) in [5, 5.41) is 2.19. The Morgan fingerprint density at radius 2 is 2.33 bits per heavy atom. The lowest BCUT2D eigenvalue weighted by Gasteiger charge is -2.06. The lowest BCUT2D eigenvalue weighted by Crippen LogP contribution is -2.26. The number of hydrogen-bond donors (Lipinski definition) is 1. The highest BCUT2D eigenvalue weighted by atomic mass is 16.5. The van der Waals surface area contributed by atoms with Crippen LogP contribution >= 0.6 is 0 Å². The fourth-order valence-electron chi connectivity index (χ4n) is 1.03. The van der Waals surface area contributed by atoms with Crippen LogP contribution in [0.1, 0.15) is 26.2 Å². The third-order valence-corrected chi connectivity index (χ3v) is 1.74. The average molecular weight is 171 g/mol. The predicted molar refractivity (Wildman–Crippen MR) is 42.4 cm³/mol. The van der Waals surface area contributed by atoms with E-state index in [1.54, 1.807) is 0 Å². The first-order valence-corrected chi connectivity index (χ1v) is 4.19. The number of hydrogen-bond acceptors (Lipinski definition) is 3. The van der Waals surface area contributed by atoms with Gasteiger partial charge >= 0.3 is 0 Å². The standard InChI is InChI=1S/C8H13NO3/c1-2-3-4-12-6-5-7(10)9-8(6)11/h6H,2-5H2,1H3,(H,9,10,11). The first-order valence-electron chi connectivity index (χ1n) is 4.19. The molecule has 0 aromatic heterocycles. The molecule has 0 aliphatic carbocycles. The zero-order valence-corrected chi connectivity index (χ0v) is 7.13. The monoisotopic (exact) mass is 171 g/mol. The molecular formula is C8H13NO3. The second-order valence-corrected chi connectivity index (χ2v) is 2.83. The van der Waals surface area contributed by atoms with Gasteiger partial charge in [0.05, 0.1) is 6.42 Å². The van der Waals surface area contributed by atoms with E-state index in [1.165, 1.54) is 0 Å². The Morgan fingerprint density at radius 3 is 2.83 bits per heavy atom. The van der Waals surface area contributed by atoms with E-state index in [-0.39, 0.29) is 18.2 Å². The first-order chi connectivity index (χ1) is 5.74. The summed E-state index contributed by atoms with van der Waals surface area (Å²) in [5.74, 6) is -0.530. The Kier molecular flexibility index (Phi) is 3.22. The van der Waals surface area contributed by atoms with Crippen molar-refractivity contribution in [1.82, 2.24) is 5.32 Å². The number of ether oxygens (including phenoxy) is 1.